The van der Waals surface area contributed by atoms with Crippen LogP contribution in [0.3, 0.4) is 0 Å². The average Bonchev–Trinajstić information content (AvgIpc) is 3.27. The Kier molecular flexibility index (Phi) is 5.21. The predicted octanol–water partition coefficient (Wildman–Crippen LogP) is 4.50. The van der Waals surface area contributed by atoms with Gasteiger partial charge in [-0.05, 0) is 30.3 Å². The molecule has 144 valence electrons. The van der Waals surface area contributed by atoms with Crippen LogP contribution in [0.5, 0.6) is 5.75 Å². The molecule has 4 rings (SSSR count). The van der Waals surface area contributed by atoms with Crippen LogP contribution in [-0.2, 0) is 11.3 Å². The molecule has 0 bridgehead atoms. The van der Waals surface area contributed by atoms with E-state index in [2.05, 4.69) is 4.99 Å². The first-order valence-corrected chi connectivity index (χ1v) is 9.73. The fourth-order valence-electron chi connectivity index (χ4n) is 2.98. The van der Waals surface area contributed by atoms with Crippen molar-refractivity contribution in [3.05, 3.63) is 58.0 Å². The van der Waals surface area contributed by atoms with Crippen molar-refractivity contribution in [1.82, 2.24) is 4.57 Å². The van der Waals surface area contributed by atoms with Gasteiger partial charge in [-0.15, -0.1) is 0 Å². The summed E-state index contributed by atoms with van der Waals surface area (Å²) in [6.07, 6.45) is 0. The monoisotopic (exact) mass is 416 g/mol. The van der Waals surface area contributed by atoms with Crippen LogP contribution < -0.4 is 9.54 Å². The maximum atomic E-state index is 12.8. The van der Waals surface area contributed by atoms with Crippen LogP contribution in [0.15, 0.2) is 51.9 Å². The standard InChI is InChI=1S/C20H17ClN2O4S/c1-25-9-8-23-14-7-6-13(21)11-17(14)28-20(23)22-19(24)16-10-12-4-3-5-15(26-2)18(12)27-16/h3-7,10-11H,8-9H2,1-2H3. The zero-order valence-electron chi connectivity index (χ0n) is 15.3. The number of aromatic nitrogens is 1. The molecule has 2 aromatic carbocycles. The van der Waals surface area contributed by atoms with Crippen molar-refractivity contribution in [3.8, 4) is 5.75 Å². The summed E-state index contributed by atoms with van der Waals surface area (Å²) < 4.78 is 19.1. The number of nitrogens with zero attached hydrogens (tertiary/aromatic N) is 2. The van der Waals surface area contributed by atoms with Crippen molar-refractivity contribution in [3.63, 3.8) is 0 Å². The molecular weight excluding hydrogens is 400 g/mol. The highest BCUT2D eigenvalue weighted by Crippen LogP contribution is 2.29. The van der Waals surface area contributed by atoms with Gasteiger partial charge >= 0.3 is 5.91 Å². The van der Waals surface area contributed by atoms with Crippen molar-refractivity contribution < 1.29 is 18.7 Å². The van der Waals surface area contributed by atoms with Crippen LogP contribution in [0.25, 0.3) is 21.2 Å². The van der Waals surface area contributed by atoms with Crippen LogP contribution in [0.1, 0.15) is 10.6 Å². The second-order valence-corrected chi connectivity index (χ2v) is 7.49. The van der Waals surface area contributed by atoms with Gasteiger partial charge in [0.1, 0.15) is 0 Å². The van der Waals surface area contributed by atoms with Gasteiger partial charge < -0.3 is 18.5 Å². The van der Waals surface area contributed by atoms with Crippen LogP contribution >= 0.6 is 22.9 Å². The van der Waals surface area contributed by atoms with Crippen LogP contribution in [0.2, 0.25) is 5.02 Å². The Morgan fingerprint density at radius 1 is 1.25 bits per heavy atom. The van der Waals surface area contributed by atoms with Gasteiger partial charge in [0.05, 0.1) is 23.9 Å². The molecule has 6 nitrogen and oxygen atoms in total. The number of ether oxygens (including phenoxy) is 2. The molecule has 1 amide bonds. The van der Waals surface area contributed by atoms with E-state index >= 15 is 0 Å². The van der Waals surface area contributed by atoms with Crippen LogP contribution in [-0.4, -0.2) is 31.3 Å². The zero-order chi connectivity index (χ0) is 19.7. The lowest BCUT2D eigenvalue weighted by Crippen LogP contribution is -2.19. The number of hydrogen-bond donors (Lipinski definition) is 0. The highest BCUT2D eigenvalue weighted by atomic mass is 35.5. The lowest BCUT2D eigenvalue weighted by molar-refractivity contribution is 0.0973. The number of fused-ring (bicyclic) bond motifs is 2. The summed E-state index contributed by atoms with van der Waals surface area (Å²) in [7, 11) is 3.19. The molecule has 0 atom stereocenters. The third-order valence-electron chi connectivity index (χ3n) is 4.30. The first kappa shape index (κ1) is 18.7. The van der Waals surface area contributed by atoms with Crippen molar-refractivity contribution in [2.24, 2.45) is 4.99 Å². The molecule has 0 fully saturated rings. The Morgan fingerprint density at radius 2 is 2.11 bits per heavy atom. The normalized spacial score (nSPS) is 12.2. The van der Waals surface area contributed by atoms with Gasteiger partial charge in [0.2, 0.25) is 0 Å². The molecule has 4 aromatic rings. The summed E-state index contributed by atoms with van der Waals surface area (Å²) >= 11 is 7.50. The fraction of sp³-hybridized carbons (Fsp3) is 0.200. The van der Waals surface area contributed by atoms with Crippen LogP contribution in [0, 0.1) is 0 Å². The lowest BCUT2D eigenvalue weighted by Gasteiger charge is -2.04. The van der Waals surface area contributed by atoms with Gasteiger partial charge in [-0.25, -0.2) is 0 Å². The van der Waals surface area contributed by atoms with E-state index in [4.69, 9.17) is 25.5 Å². The van der Waals surface area contributed by atoms with Crippen molar-refractivity contribution in [2.75, 3.05) is 20.8 Å². The molecule has 0 spiro atoms. The molecule has 0 radical (unpaired) electrons. The van der Waals surface area contributed by atoms with Crippen molar-refractivity contribution in [2.45, 2.75) is 6.54 Å². The minimum Gasteiger partial charge on any atom is -0.493 e. The molecule has 2 aromatic heterocycles. The van der Waals surface area contributed by atoms with Crippen molar-refractivity contribution >= 4 is 50.0 Å². The highest BCUT2D eigenvalue weighted by Gasteiger charge is 2.15. The number of carbonyl (C=O) groups is 1. The van der Waals surface area contributed by atoms with Gasteiger partial charge in [0.25, 0.3) is 0 Å². The maximum Gasteiger partial charge on any atom is 0.315 e. The molecule has 0 aliphatic rings. The van der Waals surface area contributed by atoms with E-state index in [1.165, 1.54) is 11.3 Å². The van der Waals surface area contributed by atoms with Gasteiger partial charge in [0, 0.05) is 24.1 Å². The fourth-order valence-corrected chi connectivity index (χ4v) is 4.31. The Balaban J connectivity index is 1.81. The Morgan fingerprint density at radius 3 is 2.89 bits per heavy atom. The molecule has 0 aliphatic carbocycles. The Labute approximate surface area is 169 Å². The summed E-state index contributed by atoms with van der Waals surface area (Å²) in [6.45, 7) is 1.07. The molecule has 28 heavy (non-hydrogen) atoms. The minimum absolute atomic E-state index is 0.160. The third kappa shape index (κ3) is 3.44. The second-order valence-electron chi connectivity index (χ2n) is 6.05. The molecule has 0 unspecified atom stereocenters. The largest absolute Gasteiger partial charge is 0.493 e. The first-order valence-electron chi connectivity index (χ1n) is 8.54. The highest BCUT2D eigenvalue weighted by molar-refractivity contribution is 7.16. The number of thiazole rings is 1. The maximum absolute atomic E-state index is 12.8. The predicted molar refractivity (Wildman–Crippen MR) is 109 cm³/mol. The molecule has 0 N–H and O–H groups in total. The number of hydrogen-bond acceptors (Lipinski definition) is 5. The summed E-state index contributed by atoms with van der Waals surface area (Å²) in [5.41, 5.74) is 1.48. The van der Waals surface area contributed by atoms with Gasteiger partial charge in [-0.2, -0.15) is 4.99 Å². The van der Waals surface area contributed by atoms with E-state index in [-0.39, 0.29) is 5.76 Å². The van der Waals surface area contributed by atoms with E-state index in [0.717, 1.165) is 15.6 Å². The minimum atomic E-state index is -0.456. The number of para-hydroxylation sites is 1. The van der Waals surface area contributed by atoms with E-state index < -0.39 is 5.91 Å². The summed E-state index contributed by atoms with van der Waals surface area (Å²) in [5, 5.41) is 1.42. The molecule has 0 aliphatic heterocycles. The smallest absolute Gasteiger partial charge is 0.315 e. The number of carbonyl (C=O) groups excluding carboxylic acids is 1. The molecule has 8 heteroatoms. The van der Waals surface area contributed by atoms with Gasteiger partial charge in [-0.3, -0.25) is 4.79 Å². The quantitative estimate of drug-likeness (QED) is 0.480. The summed E-state index contributed by atoms with van der Waals surface area (Å²) in [6, 6.07) is 12.8. The molecule has 0 saturated heterocycles. The Bertz CT molecular complexity index is 1240. The van der Waals surface area contributed by atoms with Crippen molar-refractivity contribution in [1.29, 1.82) is 0 Å². The van der Waals surface area contributed by atoms with E-state index in [1.807, 2.05) is 34.9 Å². The molecular formula is C20H17ClN2O4S. The number of amides is 1. The number of halogens is 1. The average molecular weight is 417 g/mol. The zero-order valence-corrected chi connectivity index (χ0v) is 16.8. The topological polar surface area (TPSA) is 66.0 Å². The Hall–Kier alpha value is -2.61. The van der Waals surface area contributed by atoms with E-state index in [9.17, 15) is 4.79 Å². The summed E-state index contributed by atoms with van der Waals surface area (Å²) in [5.74, 6) is 0.276. The number of methoxy groups -OCH3 is 2. The van der Waals surface area contributed by atoms with E-state index in [0.29, 0.717) is 34.3 Å². The molecule has 2 heterocycles. The molecule has 0 saturated carbocycles. The first-order chi connectivity index (χ1) is 13.6. The van der Waals surface area contributed by atoms with Gasteiger partial charge in [0.15, 0.2) is 21.9 Å². The van der Waals surface area contributed by atoms with Crippen LogP contribution in [0.4, 0.5) is 0 Å². The third-order valence-corrected chi connectivity index (χ3v) is 5.58. The second kappa shape index (κ2) is 7.79. The summed E-state index contributed by atoms with van der Waals surface area (Å²) in [4.78, 5) is 17.7. The SMILES string of the molecule is COCCn1c(=NC(=O)c2cc3cccc(OC)c3o2)sc2cc(Cl)ccc21. The lowest BCUT2D eigenvalue weighted by atomic mass is 10.2. The number of furan rings is 1. The van der Waals surface area contributed by atoms with Gasteiger partial charge in [-0.1, -0.05) is 35.1 Å². The number of rotatable bonds is 5. The van der Waals surface area contributed by atoms with E-state index in [1.54, 1.807) is 26.4 Å². The number of benzene rings is 2.